The van der Waals surface area contributed by atoms with Crippen molar-refractivity contribution in [3.05, 3.63) is 16.8 Å². The highest BCUT2D eigenvalue weighted by Crippen LogP contribution is 2.37. The molecular formula is C16H23N3OS. The maximum absolute atomic E-state index is 5.78. The van der Waals surface area contributed by atoms with Gasteiger partial charge in [0.1, 0.15) is 16.8 Å². The van der Waals surface area contributed by atoms with Crippen LogP contribution in [0.15, 0.2) is 6.07 Å². The summed E-state index contributed by atoms with van der Waals surface area (Å²) in [6, 6.07) is 2.15. The lowest BCUT2D eigenvalue weighted by Crippen LogP contribution is -2.20. The van der Waals surface area contributed by atoms with Crippen molar-refractivity contribution in [1.29, 1.82) is 0 Å². The number of nitrogens with one attached hydrogen (secondary N) is 1. The fraction of sp³-hybridized carbons (Fsp3) is 0.625. The second kappa shape index (κ2) is 6.28. The number of nitrogens with zero attached hydrogens (tertiary/aromatic N) is 2. The number of anilines is 1. The molecule has 1 saturated carbocycles. The summed E-state index contributed by atoms with van der Waals surface area (Å²) in [7, 11) is 3.70. The molecule has 0 bridgehead atoms. The van der Waals surface area contributed by atoms with Crippen LogP contribution >= 0.6 is 11.3 Å². The largest absolute Gasteiger partial charge is 0.373 e. The highest BCUT2D eigenvalue weighted by Gasteiger charge is 2.28. The Balaban J connectivity index is 2.00. The normalized spacial score (nSPS) is 18.0. The molecule has 0 spiro atoms. The monoisotopic (exact) mass is 305 g/mol. The minimum atomic E-state index is 0.0178. The molecule has 1 atom stereocenters. The number of hydrogen-bond acceptors (Lipinski definition) is 5. The summed E-state index contributed by atoms with van der Waals surface area (Å²) in [6.45, 7) is 2.11. The minimum Gasteiger partial charge on any atom is -0.373 e. The fourth-order valence-electron chi connectivity index (χ4n) is 3.32. The number of rotatable bonds is 4. The van der Waals surface area contributed by atoms with Crippen molar-refractivity contribution in [1.82, 2.24) is 9.97 Å². The van der Waals surface area contributed by atoms with Gasteiger partial charge < -0.3 is 10.1 Å². The van der Waals surface area contributed by atoms with Gasteiger partial charge in [-0.25, -0.2) is 9.97 Å². The van der Waals surface area contributed by atoms with E-state index in [0.29, 0.717) is 5.92 Å². The zero-order valence-electron chi connectivity index (χ0n) is 13.0. The Bertz CT molecular complexity index is 619. The first kappa shape index (κ1) is 14.7. The highest BCUT2D eigenvalue weighted by molar-refractivity contribution is 7.18. The number of fused-ring (bicyclic) bond motifs is 1. The molecule has 3 rings (SSSR count). The van der Waals surface area contributed by atoms with E-state index < -0.39 is 0 Å². The first-order valence-electron chi connectivity index (χ1n) is 7.71. The van der Waals surface area contributed by atoms with Gasteiger partial charge >= 0.3 is 0 Å². The molecule has 5 heteroatoms. The molecule has 2 aromatic heterocycles. The number of hydrogen-bond donors (Lipinski definition) is 1. The average molecular weight is 305 g/mol. The zero-order chi connectivity index (χ0) is 14.8. The Hall–Kier alpha value is -1.20. The van der Waals surface area contributed by atoms with Gasteiger partial charge in [-0.05, 0) is 31.7 Å². The van der Waals surface area contributed by atoms with Crippen LogP contribution in [0.1, 0.15) is 48.9 Å². The van der Waals surface area contributed by atoms with Gasteiger partial charge in [-0.1, -0.05) is 19.3 Å². The molecule has 114 valence electrons. The Kier molecular flexibility index (Phi) is 4.40. The van der Waals surface area contributed by atoms with Crippen LogP contribution in [0.4, 0.5) is 5.82 Å². The summed E-state index contributed by atoms with van der Waals surface area (Å²) < 4.78 is 5.78. The molecule has 0 aliphatic heterocycles. The molecule has 1 aliphatic carbocycles. The van der Waals surface area contributed by atoms with Crippen LogP contribution in [0.3, 0.4) is 0 Å². The molecule has 2 aromatic rings. The lowest BCUT2D eigenvalue weighted by atomic mass is 9.85. The summed E-state index contributed by atoms with van der Waals surface area (Å²) in [5.74, 6) is 2.30. The van der Waals surface area contributed by atoms with E-state index in [9.17, 15) is 0 Å². The van der Waals surface area contributed by atoms with Crippen molar-refractivity contribution in [2.75, 3.05) is 19.5 Å². The van der Waals surface area contributed by atoms with E-state index in [4.69, 9.17) is 14.7 Å². The van der Waals surface area contributed by atoms with Crippen LogP contribution in [-0.2, 0) is 4.74 Å². The van der Waals surface area contributed by atoms with Gasteiger partial charge in [0, 0.05) is 19.0 Å². The van der Waals surface area contributed by atoms with Crippen LogP contribution in [-0.4, -0.2) is 24.1 Å². The van der Waals surface area contributed by atoms with E-state index in [1.807, 2.05) is 7.05 Å². The Morgan fingerprint density at radius 1 is 1.29 bits per heavy atom. The van der Waals surface area contributed by atoms with Crippen LogP contribution in [0.5, 0.6) is 0 Å². The van der Waals surface area contributed by atoms with Crippen molar-refractivity contribution in [2.24, 2.45) is 5.92 Å². The molecule has 0 amide bonds. The molecule has 21 heavy (non-hydrogen) atoms. The molecule has 0 radical (unpaired) electrons. The molecule has 0 aromatic carbocycles. The average Bonchev–Trinajstić information content (AvgIpc) is 2.88. The summed E-state index contributed by atoms with van der Waals surface area (Å²) in [6.07, 6.45) is 6.40. The Labute approximate surface area is 129 Å². The molecule has 2 heterocycles. The molecule has 0 saturated heterocycles. The first-order chi connectivity index (χ1) is 10.2. The number of aromatic nitrogens is 2. The van der Waals surface area contributed by atoms with Gasteiger partial charge in [0.25, 0.3) is 0 Å². The zero-order valence-corrected chi connectivity index (χ0v) is 13.8. The number of thiophene rings is 1. The maximum Gasteiger partial charge on any atom is 0.161 e. The van der Waals surface area contributed by atoms with Gasteiger partial charge in [0.2, 0.25) is 0 Å². The predicted molar refractivity (Wildman–Crippen MR) is 88.0 cm³/mol. The molecule has 1 fully saturated rings. The topological polar surface area (TPSA) is 47.0 Å². The second-order valence-corrected chi connectivity index (χ2v) is 7.05. The number of methoxy groups -OCH3 is 1. The van der Waals surface area contributed by atoms with E-state index in [0.717, 1.165) is 21.9 Å². The van der Waals surface area contributed by atoms with Gasteiger partial charge in [-0.15, -0.1) is 11.3 Å². The standard InChI is InChI=1S/C16H23N3OS/c1-10-9-12-14(17-2)18-15(19-16(12)21-10)13(20-3)11-7-5-4-6-8-11/h9,11,13H,4-8H2,1-3H3,(H,17,18,19). The van der Waals surface area contributed by atoms with E-state index in [-0.39, 0.29) is 6.10 Å². The van der Waals surface area contributed by atoms with Crippen molar-refractivity contribution in [2.45, 2.75) is 45.1 Å². The van der Waals surface area contributed by atoms with Crippen molar-refractivity contribution >= 4 is 27.4 Å². The smallest absolute Gasteiger partial charge is 0.161 e. The SMILES string of the molecule is CNc1nc(C(OC)C2CCCCC2)nc2sc(C)cc12. The van der Waals surface area contributed by atoms with Crippen LogP contribution in [0.2, 0.25) is 0 Å². The van der Waals surface area contributed by atoms with Gasteiger partial charge in [-0.2, -0.15) is 0 Å². The minimum absolute atomic E-state index is 0.0178. The fourth-order valence-corrected chi connectivity index (χ4v) is 4.21. The van der Waals surface area contributed by atoms with Crippen LogP contribution in [0.25, 0.3) is 10.2 Å². The third-order valence-electron chi connectivity index (χ3n) is 4.36. The van der Waals surface area contributed by atoms with E-state index in [1.54, 1.807) is 18.4 Å². The van der Waals surface area contributed by atoms with Crippen LogP contribution < -0.4 is 5.32 Å². The van der Waals surface area contributed by atoms with E-state index in [2.05, 4.69) is 18.3 Å². The Morgan fingerprint density at radius 3 is 2.71 bits per heavy atom. The number of aryl methyl sites for hydroxylation is 1. The van der Waals surface area contributed by atoms with E-state index >= 15 is 0 Å². The van der Waals surface area contributed by atoms with Gasteiger partial charge in [0.15, 0.2) is 5.82 Å². The summed E-state index contributed by atoms with van der Waals surface area (Å²) in [5, 5.41) is 4.32. The summed E-state index contributed by atoms with van der Waals surface area (Å²) in [4.78, 5) is 11.9. The summed E-state index contributed by atoms with van der Waals surface area (Å²) in [5.41, 5.74) is 0. The van der Waals surface area contributed by atoms with E-state index in [1.165, 1.54) is 37.0 Å². The molecule has 1 N–H and O–H groups in total. The van der Waals surface area contributed by atoms with Gasteiger partial charge in [0.05, 0.1) is 5.39 Å². The van der Waals surface area contributed by atoms with Crippen molar-refractivity contribution in [3.8, 4) is 0 Å². The summed E-state index contributed by atoms with van der Waals surface area (Å²) >= 11 is 1.72. The molecule has 1 unspecified atom stereocenters. The lowest BCUT2D eigenvalue weighted by Gasteiger charge is -2.28. The van der Waals surface area contributed by atoms with Crippen molar-refractivity contribution < 1.29 is 4.74 Å². The molecule has 4 nitrogen and oxygen atoms in total. The highest BCUT2D eigenvalue weighted by atomic mass is 32.1. The molecular weight excluding hydrogens is 282 g/mol. The van der Waals surface area contributed by atoms with Crippen molar-refractivity contribution in [3.63, 3.8) is 0 Å². The first-order valence-corrected chi connectivity index (χ1v) is 8.53. The third-order valence-corrected chi connectivity index (χ3v) is 5.30. The lowest BCUT2D eigenvalue weighted by molar-refractivity contribution is 0.0293. The third kappa shape index (κ3) is 2.90. The Morgan fingerprint density at radius 2 is 2.05 bits per heavy atom. The van der Waals surface area contributed by atoms with Gasteiger partial charge in [-0.3, -0.25) is 0 Å². The quantitative estimate of drug-likeness (QED) is 0.914. The molecule has 1 aliphatic rings. The second-order valence-electron chi connectivity index (χ2n) is 5.81. The predicted octanol–water partition coefficient (Wildman–Crippen LogP) is 4.31. The van der Waals surface area contributed by atoms with Crippen LogP contribution in [0, 0.1) is 12.8 Å². The maximum atomic E-state index is 5.78. The number of ether oxygens (including phenoxy) is 1.